The van der Waals surface area contributed by atoms with Gasteiger partial charge in [-0.1, -0.05) is 6.07 Å². The number of hydrogen-bond donors (Lipinski definition) is 0. The second-order valence-corrected chi connectivity index (χ2v) is 9.07. The largest absolute Gasteiger partial charge is 0.337 e. The van der Waals surface area contributed by atoms with Gasteiger partial charge in [0.25, 0.3) is 5.91 Å². The number of imidazole rings is 1. The number of nitrogens with zero attached hydrogens (tertiary/aromatic N) is 5. The lowest BCUT2D eigenvalue weighted by Crippen LogP contribution is -2.36. The number of piperidine rings is 1. The first-order valence-electron chi connectivity index (χ1n) is 10.6. The summed E-state index contributed by atoms with van der Waals surface area (Å²) in [4.78, 5) is 27.3. The number of carbonyl (C=O) groups is 1. The molecule has 7 heteroatoms. The van der Waals surface area contributed by atoms with E-state index in [9.17, 15) is 4.79 Å². The van der Waals surface area contributed by atoms with Gasteiger partial charge in [0.2, 0.25) is 0 Å². The first-order chi connectivity index (χ1) is 14.2. The topological polar surface area (TPSA) is 53.7 Å². The summed E-state index contributed by atoms with van der Waals surface area (Å²) in [6.45, 7) is 5.51. The van der Waals surface area contributed by atoms with Crippen LogP contribution in [0.5, 0.6) is 0 Å². The molecule has 0 aromatic carbocycles. The highest BCUT2D eigenvalue weighted by Crippen LogP contribution is 2.35. The predicted molar refractivity (Wildman–Crippen MR) is 114 cm³/mol. The fraction of sp³-hybridized carbons (Fsp3) is 0.500. The number of likely N-dealkylation sites (tertiary alicyclic amines) is 2. The zero-order chi connectivity index (χ0) is 19.8. The molecule has 0 aliphatic carbocycles. The summed E-state index contributed by atoms with van der Waals surface area (Å²) in [5.41, 5.74) is 3.64. The van der Waals surface area contributed by atoms with E-state index in [-0.39, 0.29) is 5.91 Å². The number of hydrogen-bond acceptors (Lipinski definition) is 5. The van der Waals surface area contributed by atoms with Crippen LogP contribution in [0.1, 0.15) is 64.9 Å². The SMILES string of the molecule is Cc1cccn2c(CN3CCC[C@@H]3c3nccs3)c(C(=O)N3CCCCC3)nc12. The van der Waals surface area contributed by atoms with Crippen LogP contribution in [0.25, 0.3) is 5.65 Å². The molecule has 2 aliphatic heterocycles. The number of amides is 1. The van der Waals surface area contributed by atoms with Crippen LogP contribution in [-0.4, -0.2) is 49.7 Å². The van der Waals surface area contributed by atoms with Crippen molar-refractivity contribution in [3.63, 3.8) is 0 Å². The highest BCUT2D eigenvalue weighted by molar-refractivity contribution is 7.09. The van der Waals surface area contributed by atoms with Crippen molar-refractivity contribution in [1.29, 1.82) is 0 Å². The standard InChI is InChI=1S/C22H27N5OS/c1-16-7-5-13-27-18(15-26-12-6-8-17(26)21-23-9-14-29-21)19(24-20(16)27)22(28)25-10-3-2-4-11-25/h5,7,9,13-14,17H,2-4,6,8,10-12,15H2,1H3/t17-/m1/s1. The van der Waals surface area contributed by atoms with Gasteiger partial charge >= 0.3 is 0 Å². The Balaban J connectivity index is 1.53. The number of thiazole rings is 1. The molecule has 5 rings (SSSR count). The fourth-order valence-corrected chi connectivity index (χ4v) is 5.52. The van der Waals surface area contributed by atoms with E-state index in [1.54, 1.807) is 11.3 Å². The van der Waals surface area contributed by atoms with E-state index in [0.29, 0.717) is 11.7 Å². The predicted octanol–water partition coefficient (Wildman–Crippen LogP) is 4.06. The summed E-state index contributed by atoms with van der Waals surface area (Å²) in [5, 5.41) is 3.23. The first-order valence-corrected chi connectivity index (χ1v) is 11.5. The van der Waals surface area contributed by atoms with Crippen LogP contribution in [0.2, 0.25) is 0 Å². The molecule has 29 heavy (non-hydrogen) atoms. The highest BCUT2D eigenvalue weighted by Gasteiger charge is 2.32. The summed E-state index contributed by atoms with van der Waals surface area (Å²) in [6, 6.07) is 4.45. The molecular weight excluding hydrogens is 382 g/mol. The average molecular weight is 410 g/mol. The average Bonchev–Trinajstić information content (AvgIpc) is 3.49. The van der Waals surface area contributed by atoms with Gasteiger partial charge in [-0.3, -0.25) is 9.69 Å². The van der Waals surface area contributed by atoms with Crippen LogP contribution in [0.3, 0.4) is 0 Å². The van der Waals surface area contributed by atoms with E-state index in [1.165, 1.54) is 11.4 Å². The van der Waals surface area contributed by atoms with E-state index in [0.717, 1.165) is 68.8 Å². The molecule has 2 aliphatic rings. The minimum absolute atomic E-state index is 0.0906. The molecule has 0 spiro atoms. The number of carbonyl (C=O) groups excluding carboxylic acids is 1. The van der Waals surface area contributed by atoms with Crippen molar-refractivity contribution in [2.24, 2.45) is 0 Å². The van der Waals surface area contributed by atoms with Crippen molar-refractivity contribution in [3.8, 4) is 0 Å². The Hall–Kier alpha value is -2.25. The monoisotopic (exact) mass is 409 g/mol. The van der Waals surface area contributed by atoms with Crippen molar-refractivity contribution in [2.45, 2.75) is 51.6 Å². The zero-order valence-corrected chi connectivity index (χ0v) is 17.7. The molecular formula is C22H27N5OS. The van der Waals surface area contributed by atoms with Gasteiger partial charge in [0.05, 0.1) is 11.7 Å². The lowest BCUT2D eigenvalue weighted by Gasteiger charge is -2.27. The Morgan fingerprint density at radius 2 is 2.07 bits per heavy atom. The molecule has 6 nitrogen and oxygen atoms in total. The first kappa shape index (κ1) is 18.8. The molecule has 1 atom stereocenters. The van der Waals surface area contributed by atoms with E-state index < -0.39 is 0 Å². The molecule has 1 amide bonds. The van der Waals surface area contributed by atoms with Crippen molar-refractivity contribution >= 4 is 22.9 Å². The van der Waals surface area contributed by atoms with Crippen LogP contribution >= 0.6 is 11.3 Å². The maximum absolute atomic E-state index is 13.4. The second-order valence-electron chi connectivity index (χ2n) is 8.14. The van der Waals surface area contributed by atoms with E-state index in [1.807, 2.05) is 23.4 Å². The van der Waals surface area contributed by atoms with Crippen molar-refractivity contribution < 1.29 is 4.79 Å². The van der Waals surface area contributed by atoms with E-state index in [4.69, 9.17) is 4.98 Å². The molecule has 2 saturated heterocycles. The van der Waals surface area contributed by atoms with Gasteiger partial charge in [-0.15, -0.1) is 11.3 Å². The van der Waals surface area contributed by atoms with E-state index >= 15 is 0 Å². The fourth-order valence-electron chi connectivity index (χ4n) is 4.71. The molecule has 0 bridgehead atoms. The molecule has 0 unspecified atom stereocenters. The minimum atomic E-state index is 0.0906. The summed E-state index contributed by atoms with van der Waals surface area (Å²) >= 11 is 1.73. The molecule has 0 radical (unpaired) electrons. The molecule has 2 fully saturated rings. The summed E-state index contributed by atoms with van der Waals surface area (Å²) in [6.07, 6.45) is 9.61. The number of aromatic nitrogens is 3. The number of rotatable bonds is 4. The minimum Gasteiger partial charge on any atom is -0.337 e. The lowest BCUT2D eigenvalue weighted by atomic mass is 10.1. The van der Waals surface area contributed by atoms with Gasteiger partial charge in [0.15, 0.2) is 5.69 Å². The number of fused-ring (bicyclic) bond motifs is 1. The quantitative estimate of drug-likeness (QED) is 0.652. The van der Waals surface area contributed by atoms with Gasteiger partial charge in [-0.05, 0) is 57.2 Å². The highest BCUT2D eigenvalue weighted by atomic mass is 32.1. The summed E-state index contributed by atoms with van der Waals surface area (Å²) < 4.78 is 2.13. The third-order valence-corrected chi connectivity index (χ3v) is 7.12. The smallest absolute Gasteiger partial charge is 0.274 e. The van der Waals surface area contributed by atoms with Crippen LogP contribution in [-0.2, 0) is 6.54 Å². The van der Waals surface area contributed by atoms with Gasteiger partial charge < -0.3 is 9.30 Å². The molecule has 0 N–H and O–H groups in total. The van der Waals surface area contributed by atoms with Crippen LogP contribution in [0, 0.1) is 6.92 Å². The maximum atomic E-state index is 13.4. The molecule has 0 saturated carbocycles. The summed E-state index contributed by atoms with van der Waals surface area (Å²) in [7, 11) is 0. The van der Waals surface area contributed by atoms with Crippen molar-refractivity contribution in [3.05, 3.63) is 51.9 Å². The third-order valence-electron chi connectivity index (χ3n) is 6.24. The maximum Gasteiger partial charge on any atom is 0.274 e. The number of pyridine rings is 1. The van der Waals surface area contributed by atoms with Crippen molar-refractivity contribution in [2.75, 3.05) is 19.6 Å². The zero-order valence-electron chi connectivity index (χ0n) is 16.9. The van der Waals surface area contributed by atoms with Crippen LogP contribution in [0.15, 0.2) is 29.9 Å². The van der Waals surface area contributed by atoms with Gasteiger partial charge in [-0.25, -0.2) is 9.97 Å². The van der Waals surface area contributed by atoms with E-state index in [2.05, 4.69) is 32.7 Å². The summed E-state index contributed by atoms with van der Waals surface area (Å²) in [5.74, 6) is 0.0906. The molecule has 152 valence electrons. The van der Waals surface area contributed by atoms with Crippen molar-refractivity contribution in [1.82, 2.24) is 24.2 Å². The van der Waals surface area contributed by atoms with Gasteiger partial charge in [0.1, 0.15) is 10.7 Å². The van der Waals surface area contributed by atoms with Gasteiger partial charge in [-0.2, -0.15) is 0 Å². The molecule has 3 aromatic heterocycles. The Bertz CT molecular complexity index is 1010. The Labute approximate surface area is 175 Å². The third kappa shape index (κ3) is 3.46. The van der Waals surface area contributed by atoms with Gasteiger partial charge in [0, 0.05) is 37.4 Å². The Morgan fingerprint density at radius 1 is 1.21 bits per heavy atom. The molecule has 3 aromatic rings. The Kier molecular flexibility index (Phi) is 5.09. The lowest BCUT2D eigenvalue weighted by molar-refractivity contribution is 0.0716. The normalized spacial score (nSPS) is 20.6. The van der Waals surface area contributed by atoms with Crippen LogP contribution in [0.4, 0.5) is 0 Å². The molecule has 5 heterocycles. The number of aryl methyl sites for hydroxylation is 1. The Morgan fingerprint density at radius 3 is 2.86 bits per heavy atom. The second kappa shape index (κ2) is 7.88. The van der Waals surface area contributed by atoms with Crippen LogP contribution < -0.4 is 0 Å².